The third kappa shape index (κ3) is 4.59. The van der Waals surface area contributed by atoms with Crippen LogP contribution in [0.25, 0.3) is 0 Å². The standard InChI is InChI=1S/C13H14BrClN2O4/c14-10-5-8(1-2-11(10)15)16-13(20)17-3-4-21-9(7-17)6-12(18)19/h1-2,5,9H,3-4,6-7H2,(H,16,20)(H,18,19). The summed E-state index contributed by atoms with van der Waals surface area (Å²) in [5.74, 6) is -0.941. The minimum absolute atomic E-state index is 0.115. The van der Waals surface area contributed by atoms with Crippen molar-refractivity contribution in [2.45, 2.75) is 12.5 Å². The zero-order valence-corrected chi connectivity index (χ0v) is 13.4. The van der Waals surface area contributed by atoms with Gasteiger partial charge in [0.15, 0.2) is 0 Å². The SMILES string of the molecule is O=C(O)CC1CN(C(=O)Nc2ccc(Cl)c(Br)c2)CCO1. The van der Waals surface area contributed by atoms with E-state index in [2.05, 4.69) is 21.2 Å². The van der Waals surface area contributed by atoms with E-state index >= 15 is 0 Å². The summed E-state index contributed by atoms with van der Waals surface area (Å²) in [6, 6.07) is 4.78. The summed E-state index contributed by atoms with van der Waals surface area (Å²) in [5, 5.41) is 12.1. The van der Waals surface area contributed by atoms with Gasteiger partial charge in [0.25, 0.3) is 0 Å². The zero-order valence-electron chi connectivity index (χ0n) is 11.0. The number of halogens is 2. The van der Waals surface area contributed by atoms with Crippen LogP contribution >= 0.6 is 27.5 Å². The fourth-order valence-electron chi connectivity index (χ4n) is 2.00. The molecule has 1 aromatic rings. The lowest BCUT2D eigenvalue weighted by atomic mass is 10.2. The van der Waals surface area contributed by atoms with Crippen molar-refractivity contribution in [1.82, 2.24) is 4.90 Å². The lowest BCUT2D eigenvalue weighted by Crippen LogP contribution is -2.47. The average molecular weight is 378 g/mol. The lowest BCUT2D eigenvalue weighted by molar-refractivity contribution is -0.141. The normalized spacial score (nSPS) is 18.4. The Kier molecular flexibility index (Phi) is 5.44. The van der Waals surface area contributed by atoms with E-state index in [1.54, 1.807) is 23.1 Å². The molecule has 0 aliphatic carbocycles. The second kappa shape index (κ2) is 7.11. The van der Waals surface area contributed by atoms with E-state index in [0.717, 1.165) is 0 Å². The number of rotatable bonds is 3. The zero-order chi connectivity index (χ0) is 15.4. The van der Waals surface area contributed by atoms with Crippen LogP contribution in [-0.4, -0.2) is 47.8 Å². The number of carbonyl (C=O) groups excluding carboxylic acids is 1. The van der Waals surface area contributed by atoms with Crippen LogP contribution in [0, 0.1) is 0 Å². The van der Waals surface area contributed by atoms with Crippen molar-refractivity contribution in [2.24, 2.45) is 0 Å². The van der Waals surface area contributed by atoms with Gasteiger partial charge in [-0.05, 0) is 34.1 Å². The minimum Gasteiger partial charge on any atom is -0.481 e. The Labute approximate surface area is 135 Å². The summed E-state index contributed by atoms with van der Waals surface area (Å²) < 4.78 is 6.01. The molecule has 2 amide bonds. The number of aliphatic carboxylic acids is 1. The molecule has 1 unspecified atom stereocenters. The summed E-state index contributed by atoms with van der Waals surface area (Å²) in [4.78, 5) is 24.4. The molecule has 6 nitrogen and oxygen atoms in total. The first-order chi connectivity index (χ1) is 9.95. The minimum atomic E-state index is -0.941. The quantitative estimate of drug-likeness (QED) is 0.849. The Hall–Kier alpha value is -1.31. The molecular formula is C13H14BrClN2O4. The number of amides is 2. The van der Waals surface area contributed by atoms with Crippen molar-refractivity contribution in [1.29, 1.82) is 0 Å². The van der Waals surface area contributed by atoms with Crippen molar-refractivity contribution >= 4 is 45.2 Å². The van der Waals surface area contributed by atoms with Crippen LogP contribution in [0.5, 0.6) is 0 Å². The van der Waals surface area contributed by atoms with Crippen molar-refractivity contribution in [3.63, 3.8) is 0 Å². The van der Waals surface area contributed by atoms with Gasteiger partial charge in [0.1, 0.15) is 0 Å². The third-order valence-electron chi connectivity index (χ3n) is 3.00. The van der Waals surface area contributed by atoms with Crippen LogP contribution < -0.4 is 5.32 Å². The fourth-order valence-corrected chi connectivity index (χ4v) is 2.49. The molecule has 0 saturated carbocycles. The van der Waals surface area contributed by atoms with Crippen LogP contribution in [0.3, 0.4) is 0 Å². The number of anilines is 1. The van der Waals surface area contributed by atoms with Crippen molar-refractivity contribution in [2.75, 3.05) is 25.0 Å². The molecule has 1 atom stereocenters. The molecule has 1 aliphatic heterocycles. The molecule has 114 valence electrons. The number of carboxylic acid groups (broad SMARTS) is 1. The maximum Gasteiger partial charge on any atom is 0.322 e. The van der Waals surface area contributed by atoms with Crippen LogP contribution in [-0.2, 0) is 9.53 Å². The maximum atomic E-state index is 12.2. The highest BCUT2D eigenvalue weighted by atomic mass is 79.9. The molecule has 0 spiro atoms. The first-order valence-corrected chi connectivity index (χ1v) is 7.47. The molecule has 1 heterocycles. The van der Waals surface area contributed by atoms with Gasteiger partial charge in [0.05, 0.1) is 24.2 Å². The van der Waals surface area contributed by atoms with Crippen LogP contribution in [0.4, 0.5) is 10.5 Å². The number of ether oxygens (including phenoxy) is 1. The van der Waals surface area contributed by atoms with Crippen molar-refractivity contribution in [3.8, 4) is 0 Å². The van der Waals surface area contributed by atoms with E-state index in [0.29, 0.717) is 28.3 Å². The summed E-state index contributed by atoms with van der Waals surface area (Å²) in [6.45, 7) is 1.01. The van der Waals surface area contributed by atoms with Gasteiger partial charge in [-0.3, -0.25) is 4.79 Å². The highest BCUT2D eigenvalue weighted by Crippen LogP contribution is 2.25. The molecule has 2 rings (SSSR count). The molecule has 2 N–H and O–H groups in total. The molecule has 1 aliphatic rings. The average Bonchev–Trinajstić information content (AvgIpc) is 2.42. The predicted molar refractivity (Wildman–Crippen MR) is 81.7 cm³/mol. The Morgan fingerprint density at radius 1 is 1.52 bits per heavy atom. The van der Waals surface area contributed by atoms with Gasteiger partial charge in [-0.1, -0.05) is 11.6 Å². The van der Waals surface area contributed by atoms with Crippen LogP contribution in [0.2, 0.25) is 5.02 Å². The van der Waals surface area contributed by atoms with Gasteiger partial charge < -0.3 is 20.1 Å². The number of hydrogen-bond donors (Lipinski definition) is 2. The number of carboxylic acids is 1. The van der Waals surface area contributed by atoms with E-state index in [-0.39, 0.29) is 19.0 Å². The highest BCUT2D eigenvalue weighted by molar-refractivity contribution is 9.10. The molecule has 1 saturated heterocycles. The Balaban J connectivity index is 1.96. The van der Waals surface area contributed by atoms with Crippen molar-refractivity contribution < 1.29 is 19.4 Å². The molecule has 8 heteroatoms. The summed E-state index contributed by atoms with van der Waals surface area (Å²) >= 11 is 9.18. The molecule has 21 heavy (non-hydrogen) atoms. The fraction of sp³-hybridized carbons (Fsp3) is 0.385. The number of urea groups is 1. The van der Waals surface area contributed by atoms with Gasteiger partial charge in [-0.2, -0.15) is 0 Å². The van der Waals surface area contributed by atoms with E-state index in [1.165, 1.54) is 0 Å². The van der Waals surface area contributed by atoms with Gasteiger partial charge in [-0.15, -0.1) is 0 Å². The Morgan fingerprint density at radius 3 is 2.95 bits per heavy atom. The topological polar surface area (TPSA) is 78.9 Å². The molecule has 1 fully saturated rings. The summed E-state index contributed by atoms with van der Waals surface area (Å²) in [7, 11) is 0. The van der Waals surface area contributed by atoms with Gasteiger partial charge in [0, 0.05) is 23.2 Å². The smallest absolute Gasteiger partial charge is 0.322 e. The Morgan fingerprint density at radius 2 is 2.29 bits per heavy atom. The number of morpholine rings is 1. The third-order valence-corrected chi connectivity index (χ3v) is 4.21. The highest BCUT2D eigenvalue weighted by Gasteiger charge is 2.26. The lowest BCUT2D eigenvalue weighted by Gasteiger charge is -2.32. The van der Waals surface area contributed by atoms with Gasteiger partial charge in [-0.25, -0.2) is 4.79 Å². The van der Waals surface area contributed by atoms with Gasteiger partial charge in [0.2, 0.25) is 0 Å². The van der Waals surface area contributed by atoms with E-state index in [4.69, 9.17) is 21.4 Å². The number of carbonyl (C=O) groups is 2. The first-order valence-electron chi connectivity index (χ1n) is 6.30. The second-order valence-corrected chi connectivity index (χ2v) is 5.86. The molecule has 1 aromatic carbocycles. The second-order valence-electron chi connectivity index (χ2n) is 4.60. The maximum absolute atomic E-state index is 12.2. The summed E-state index contributed by atoms with van der Waals surface area (Å²) in [5.41, 5.74) is 0.609. The van der Waals surface area contributed by atoms with E-state index in [1.807, 2.05) is 0 Å². The van der Waals surface area contributed by atoms with Crippen LogP contribution in [0.15, 0.2) is 22.7 Å². The van der Waals surface area contributed by atoms with Crippen molar-refractivity contribution in [3.05, 3.63) is 27.7 Å². The van der Waals surface area contributed by atoms with E-state index in [9.17, 15) is 9.59 Å². The molecule has 0 aromatic heterocycles. The molecule has 0 radical (unpaired) electrons. The molecular weight excluding hydrogens is 364 g/mol. The Bertz CT molecular complexity index is 555. The van der Waals surface area contributed by atoms with E-state index < -0.39 is 12.1 Å². The number of nitrogens with zero attached hydrogens (tertiary/aromatic N) is 1. The van der Waals surface area contributed by atoms with Crippen LogP contribution in [0.1, 0.15) is 6.42 Å². The monoisotopic (exact) mass is 376 g/mol. The number of benzene rings is 1. The first kappa shape index (κ1) is 16.1. The molecule has 0 bridgehead atoms. The van der Waals surface area contributed by atoms with Gasteiger partial charge >= 0.3 is 12.0 Å². The number of hydrogen-bond acceptors (Lipinski definition) is 3. The largest absolute Gasteiger partial charge is 0.481 e. The predicted octanol–water partition coefficient (Wildman–Crippen LogP) is 2.81. The number of nitrogens with one attached hydrogen (secondary N) is 1. The summed E-state index contributed by atoms with van der Waals surface area (Å²) in [6.07, 6.45) is -0.588.